The fraction of sp³-hybridized carbons (Fsp3) is 0.775. The van der Waals surface area contributed by atoms with Crippen LogP contribution < -0.4 is 5.32 Å². The van der Waals surface area contributed by atoms with E-state index in [1.807, 2.05) is 6.08 Å². The molecule has 0 aromatic carbocycles. The minimum atomic E-state index is -5.15. The first-order valence-corrected chi connectivity index (χ1v) is 21.7. The van der Waals surface area contributed by atoms with Crippen LogP contribution in [-0.4, -0.2) is 108 Å². The Labute approximate surface area is 323 Å². The van der Waals surface area contributed by atoms with E-state index in [0.717, 1.165) is 51.4 Å². The summed E-state index contributed by atoms with van der Waals surface area (Å²) in [4.78, 5) is 23.3. The lowest BCUT2D eigenvalue weighted by Crippen LogP contribution is -2.64. The summed E-state index contributed by atoms with van der Waals surface area (Å²) in [6.07, 6.45) is 19.4. The van der Waals surface area contributed by atoms with Gasteiger partial charge in [0.05, 0.1) is 31.3 Å². The van der Waals surface area contributed by atoms with E-state index in [1.165, 1.54) is 51.0 Å². The van der Waals surface area contributed by atoms with Crippen molar-refractivity contribution in [3.8, 4) is 0 Å². The minimum absolute atomic E-state index is 0.269. The summed E-state index contributed by atoms with van der Waals surface area (Å²) in [5.41, 5.74) is 0. The van der Waals surface area contributed by atoms with Gasteiger partial charge in [0.2, 0.25) is 5.91 Å². The Morgan fingerprint density at radius 2 is 1.09 bits per heavy atom. The van der Waals surface area contributed by atoms with E-state index in [1.54, 1.807) is 6.08 Å². The van der Waals surface area contributed by atoms with Crippen LogP contribution in [-0.2, 0) is 18.4 Å². The first-order chi connectivity index (χ1) is 25.8. The summed E-state index contributed by atoms with van der Waals surface area (Å²) in [6, 6.07) is -1.27. The van der Waals surface area contributed by atoms with E-state index < -0.39 is 75.2 Å². The van der Waals surface area contributed by atoms with Crippen molar-refractivity contribution >= 4 is 13.7 Å². The fourth-order valence-corrected chi connectivity index (χ4v) is 6.94. The molecule has 1 saturated carbocycles. The smallest absolute Gasteiger partial charge is 0.393 e. The molecular formula is C40H72NO12P. The molecule has 0 saturated heterocycles. The van der Waals surface area contributed by atoms with Gasteiger partial charge in [0.25, 0.3) is 0 Å². The molecule has 54 heavy (non-hydrogen) atoms. The van der Waals surface area contributed by atoms with Gasteiger partial charge in [0.1, 0.15) is 36.6 Å². The number of aliphatic hydroxyl groups is 7. The molecular weight excluding hydrogens is 717 g/mol. The zero-order valence-corrected chi connectivity index (χ0v) is 33.5. The fourth-order valence-electron chi connectivity index (χ4n) is 5.97. The average molecular weight is 790 g/mol. The van der Waals surface area contributed by atoms with Crippen molar-refractivity contribution in [2.75, 3.05) is 6.61 Å². The van der Waals surface area contributed by atoms with E-state index in [0.29, 0.717) is 19.3 Å². The molecule has 13 nitrogen and oxygen atoms in total. The molecule has 1 fully saturated rings. The van der Waals surface area contributed by atoms with Gasteiger partial charge in [-0.1, -0.05) is 107 Å². The van der Waals surface area contributed by atoms with E-state index >= 15 is 0 Å². The Morgan fingerprint density at radius 1 is 0.648 bits per heavy atom. The van der Waals surface area contributed by atoms with E-state index in [-0.39, 0.29) is 6.42 Å². The largest absolute Gasteiger partial charge is 0.472 e. The second kappa shape index (κ2) is 30.4. The summed E-state index contributed by atoms with van der Waals surface area (Å²) in [6.45, 7) is 3.62. The third kappa shape index (κ3) is 22.7. The highest BCUT2D eigenvalue weighted by Gasteiger charge is 2.51. The Kier molecular flexibility index (Phi) is 28.3. The topological polar surface area (TPSA) is 226 Å². The molecule has 0 heterocycles. The molecule has 0 radical (unpaired) electrons. The van der Waals surface area contributed by atoms with Gasteiger partial charge < -0.3 is 46.0 Å². The van der Waals surface area contributed by atoms with Crippen LogP contribution in [0.5, 0.6) is 0 Å². The lowest BCUT2D eigenvalue weighted by atomic mass is 9.85. The number of phosphoric ester groups is 1. The van der Waals surface area contributed by atoms with Gasteiger partial charge in [0.15, 0.2) is 0 Å². The molecule has 0 spiro atoms. The number of hydrogen-bond acceptors (Lipinski definition) is 11. The van der Waals surface area contributed by atoms with Crippen molar-refractivity contribution < 1.29 is 59.0 Å². The molecule has 8 unspecified atom stereocenters. The van der Waals surface area contributed by atoms with Crippen molar-refractivity contribution in [1.29, 1.82) is 0 Å². The third-order valence-electron chi connectivity index (χ3n) is 9.36. The lowest BCUT2D eigenvalue weighted by Gasteiger charge is -2.41. The number of phosphoric acid groups is 1. The Bertz CT molecular complexity index is 1120. The number of aliphatic hydroxyl groups excluding tert-OH is 7. The van der Waals surface area contributed by atoms with Crippen LogP contribution in [0.3, 0.4) is 0 Å². The van der Waals surface area contributed by atoms with Gasteiger partial charge >= 0.3 is 7.82 Å². The third-order valence-corrected chi connectivity index (χ3v) is 10.3. The molecule has 14 heteroatoms. The van der Waals surface area contributed by atoms with Crippen molar-refractivity contribution in [2.45, 2.75) is 191 Å². The maximum Gasteiger partial charge on any atom is 0.472 e. The normalized spacial score (nSPS) is 25.1. The number of hydrogen-bond donors (Lipinski definition) is 9. The van der Waals surface area contributed by atoms with Crippen LogP contribution >= 0.6 is 7.82 Å². The SMILES string of the molecule is CCCCC/C=C\CCCCCC(O)CC(=O)NC(COP(=O)(O)OC1C(O)C(O)C(O)C(O)C1O)C(O)/C=C/CC/C=C/CC/C=C/CCCCCC. The number of amides is 1. The Hall–Kier alpha value is -1.74. The maximum absolute atomic E-state index is 12.9. The highest BCUT2D eigenvalue weighted by atomic mass is 31.2. The number of nitrogens with one attached hydrogen (secondary N) is 1. The summed E-state index contributed by atoms with van der Waals surface area (Å²) in [7, 11) is -5.15. The van der Waals surface area contributed by atoms with Gasteiger partial charge in [-0.2, -0.15) is 0 Å². The maximum atomic E-state index is 12.9. The van der Waals surface area contributed by atoms with Gasteiger partial charge in [-0.3, -0.25) is 13.8 Å². The predicted molar refractivity (Wildman–Crippen MR) is 210 cm³/mol. The number of allylic oxidation sites excluding steroid dienone is 7. The van der Waals surface area contributed by atoms with Crippen LogP contribution in [0, 0.1) is 0 Å². The summed E-state index contributed by atoms with van der Waals surface area (Å²) < 4.78 is 22.7. The number of carbonyl (C=O) groups is 1. The van der Waals surface area contributed by atoms with E-state index in [2.05, 4.69) is 49.5 Å². The molecule has 1 aliphatic rings. The lowest BCUT2D eigenvalue weighted by molar-refractivity contribution is -0.220. The molecule has 0 aromatic rings. The zero-order valence-electron chi connectivity index (χ0n) is 32.6. The zero-order chi connectivity index (χ0) is 40.2. The van der Waals surface area contributed by atoms with Crippen LogP contribution in [0.2, 0.25) is 0 Å². The Balaban J connectivity index is 2.71. The van der Waals surface area contributed by atoms with Gasteiger partial charge in [-0.25, -0.2) is 4.57 Å². The molecule has 314 valence electrons. The average Bonchev–Trinajstić information content (AvgIpc) is 3.14. The monoisotopic (exact) mass is 789 g/mol. The first-order valence-electron chi connectivity index (χ1n) is 20.2. The van der Waals surface area contributed by atoms with Crippen molar-refractivity contribution in [1.82, 2.24) is 5.32 Å². The molecule has 8 atom stereocenters. The molecule has 9 N–H and O–H groups in total. The number of rotatable bonds is 31. The molecule has 1 aliphatic carbocycles. The summed E-state index contributed by atoms with van der Waals surface area (Å²) >= 11 is 0. The van der Waals surface area contributed by atoms with Crippen LogP contribution in [0.1, 0.15) is 136 Å². The van der Waals surface area contributed by atoms with Gasteiger partial charge in [-0.15, -0.1) is 0 Å². The summed E-state index contributed by atoms with van der Waals surface area (Å²) in [5.74, 6) is -0.622. The quantitative estimate of drug-likeness (QED) is 0.0251. The number of carbonyl (C=O) groups excluding carboxylic acids is 1. The molecule has 1 amide bonds. The van der Waals surface area contributed by atoms with Gasteiger partial charge in [-0.05, 0) is 70.6 Å². The van der Waals surface area contributed by atoms with Crippen molar-refractivity contribution in [3.63, 3.8) is 0 Å². The van der Waals surface area contributed by atoms with Gasteiger partial charge in [0, 0.05) is 0 Å². The number of unbranched alkanes of at least 4 members (excludes halogenated alkanes) is 12. The second-order valence-corrected chi connectivity index (χ2v) is 15.7. The standard InChI is InChI=1S/C40H72NO12P/c1-3-5-7-9-11-13-15-16-17-18-20-22-24-26-28-33(43)32(30-52-54(50,51)53-40-38(48)36(46)35(45)37(47)39(40)49)41-34(44)29-31(42)27-25-23-21-19-14-12-10-8-6-4-2/h12-15,18,20,26,28,31-33,35-40,42-43,45-49H,3-11,16-17,19,21-25,27,29-30H2,1-2H3,(H,41,44)(H,50,51)/b14-12-,15-13+,20-18+,28-26+. The highest BCUT2D eigenvalue weighted by molar-refractivity contribution is 7.47. The molecule has 0 aromatic heterocycles. The molecule has 0 bridgehead atoms. The van der Waals surface area contributed by atoms with Crippen LogP contribution in [0.4, 0.5) is 0 Å². The highest BCUT2D eigenvalue weighted by Crippen LogP contribution is 2.47. The van der Waals surface area contributed by atoms with Crippen molar-refractivity contribution in [3.05, 3.63) is 48.6 Å². The second-order valence-electron chi connectivity index (χ2n) is 14.3. The first kappa shape index (κ1) is 50.3. The van der Waals surface area contributed by atoms with E-state index in [9.17, 15) is 50.0 Å². The van der Waals surface area contributed by atoms with Crippen LogP contribution in [0.25, 0.3) is 0 Å². The minimum Gasteiger partial charge on any atom is -0.393 e. The molecule has 1 rings (SSSR count). The van der Waals surface area contributed by atoms with Crippen molar-refractivity contribution in [2.24, 2.45) is 0 Å². The van der Waals surface area contributed by atoms with Crippen LogP contribution in [0.15, 0.2) is 48.6 Å². The predicted octanol–water partition coefficient (Wildman–Crippen LogP) is 5.19. The molecule has 0 aliphatic heterocycles. The Morgan fingerprint density at radius 3 is 1.63 bits per heavy atom. The summed E-state index contributed by atoms with van der Waals surface area (Å²) in [5, 5.41) is 74.0. The van der Waals surface area contributed by atoms with E-state index in [4.69, 9.17) is 9.05 Å².